The number of nitrogens with one attached hydrogen (secondary N) is 2. The van der Waals surface area contributed by atoms with Crippen LogP contribution in [0.2, 0.25) is 0 Å². The standard InChI is InChI=1S/C16H24FN3O.ClH/c1-18-16(21)20-11-10-19-12-15(20)5-3-2-4-13-6-8-14(17)9-7-13;/h6-9,15,19H,2-5,10-12H2,1H3,(H,18,21);1H. The Hall–Kier alpha value is -1.33. The third kappa shape index (κ3) is 5.46. The molecule has 1 aromatic carbocycles. The lowest BCUT2D eigenvalue weighted by atomic mass is 10.0. The average Bonchev–Trinajstić information content (AvgIpc) is 2.53. The molecule has 2 N–H and O–H groups in total. The molecule has 2 amide bonds. The van der Waals surface area contributed by atoms with Gasteiger partial charge in [0.2, 0.25) is 0 Å². The van der Waals surface area contributed by atoms with Crippen molar-refractivity contribution in [3.05, 3.63) is 35.6 Å². The fourth-order valence-corrected chi connectivity index (χ4v) is 2.79. The predicted molar refractivity (Wildman–Crippen MR) is 89.0 cm³/mol. The van der Waals surface area contributed by atoms with Crippen LogP contribution in [-0.4, -0.2) is 43.7 Å². The van der Waals surface area contributed by atoms with Gasteiger partial charge >= 0.3 is 6.03 Å². The van der Waals surface area contributed by atoms with Gasteiger partial charge in [0.1, 0.15) is 5.82 Å². The smallest absolute Gasteiger partial charge is 0.317 e. The minimum atomic E-state index is -0.187. The van der Waals surface area contributed by atoms with E-state index in [9.17, 15) is 9.18 Å². The molecule has 0 spiro atoms. The fraction of sp³-hybridized carbons (Fsp3) is 0.562. The highest BCUT2D eigenvalue weighted by molar-refractivity contribution is 5.85. The first-order chi connectivity index (χ1) is 10.2. The van der Waals surface area contributed by atoms with Crippen LogP contribution in [0.15, 0.2) is 24.3 Å². The monoisotopic (exact) mass is 329 g/mol. The van der Waals surface area contributed by atoms with E-state index >= 15 is 0 Å². The molecule has 0 bridgehead atoms. The van der Waals surface area contributed by atoms with E-state index in [2.05, 4.69) is 10.6 Å². The van der Waals surface area contributed by atoms with Gasteiger partial charge in [-0.1, -0.05) is 18.6 Å². The minimum Gasteiger partial charge on any atom is -0.341 e. The molecule has 124 valence electrons. The summed E-state index contributed by atoms with van der Waals surface area (Å²) in [4.78, 5) is 13.7. The second-order valence-corrected chi connectivity index (χ2v) is 5.48. The fourth-order valence-electron chi connectivity index (χ4n) is 2.79. The number of unbranched alkanes of at least 4 members (excludes halogenated alkanes) is 1. The molecule has 0 radical (unpaired) electrons. The number of carbonyl (C=O) groups is 1. The number of hydrogen-bond acceptors (Lipinski definition) is 2. The van der Waals surface area contributed by atoms with Crippen molar-refractivity contribution in [3.8, 4) is 0 Å². The van der Waals surface area contributed by atoms with Crippen LogP contribution in [0.25, 0.3) is 0 Å². The zero-order chi connectivity index (χ0) is 15.1. The van der Waals surface area contributed by atoms with E-state index in [-0.39, 0.29) is 30.3 Å². The second-order valence-electron chi connectivity index (χ2n) is 5.48. The van der Waals surface area contributed by atoms with Gasteiger partial charge in [-0.3, -0.25) is 0 Å². The molecular weight excluding hydrogens is 305 g/mol. The van der Waals surface area contributed by atoms with Crippen LogP contribution in [-0.2, 0) is 6.42 Å². The summed E-state index contributed by atoms with van der Waals surface area (Å²) < 4.78 is 12.8. The minimum absolute atomic E-state index is 0. The number of benzene rings is 1. The summed E-state index contributed by atoms with van der Waals surface area (Å²) in [5.41, 5.74) is 1.17. The summed E-state index contributed by atoms with van der Waals surface area (Å²) in [6.45, 7) is 2.49. The number of halogens is 2. The normalized spacial score (nSPS) is 17.7. The van der Waals surface area contributed by atoms with Crippen molar-refractivity contribution in [2.45, 2.75) is 31.7 Å². The van der Waals surface area contributed by atoms with Gasteiger partial charge in [-0.15, -0.1) is 12.4 Å². The first-order valence-corrected chi connectivity index (χ1v) is 7.64. The van der Waals surface area contributed by atoms with Crippen molar-refractivity contribution in [1.82, 2.24) is 15.5 Å². The number of hydrogen-bond donors (Lipinski definition) is 2. The summed E-state index contributed by atoms with van der Waals surface area (Å²) in [6, 6.07) is 6.98. The van der Waals surface area contributed by atoms with Crippen molar-refractivity contribution >= 4 is 18.4 Å². The van der Waals surface area contributed by atoms with Crippen LogP contribution < -0.4 is 10.6 Å². The first-order valence-electron chi connectivity index (χ1n) is 7.64. The zero-order valence-electron chi connectivity index (χ0n) is 13.0. The largest absolute Gasteiger partial charge is 0.341 e. The highest BCUT2D eigenvalue weighted by Gasteiger charge is 2.25. The van der Waals surface area contributed by atoms with Crippen molar-refractivity contribution in [2.24, 2.45) is 0 Å². The van der Waals surface area contributed by atoms with Gasteiger partial charge in [0.15, 0.2) is 0 Å². The molecule has 6 heteroatoms. The molecule has 1 heterocycles. The molecule has 22 heavy (non-hydrogen) atoms. The molecular formula is C16H25ClFN3O. The maximum Gasteiger partial charge on any atom is 0.317 e. The summed E-state index contributed by atoms with van der Waals surface area (Å²) in [5.74, 6) is -0.187. The molecule has 1 saturated heterocycles. The number of carbonyl (C=O) groups excluding carboxylic acids is 1. The average molecular weight is 330 g/mol. The van der Waals surface area contributed by atoms with E-state index < -0.39 is 0 Å². The Kier molecular flexibility index (Phi) is 8.20. The number of urea groups is 1. The molecule has 1 fully saturated rings. The van der Waals surface area contributed by atoms with Gasteiger partial charge in [-0.2, -0.15) is 0 Å². The Labute approximate surface area is 137 Å². The second kappa shape index (κ2) is 9.64. The summed E-state index contributed by atoms with van der Waals surface area (Å²) in [5, 5.41) is 6.06. The molecule has 0 aromatic heterocycles. The number of piperazine rings is 1. The van der Waals surface area contributed by atoms with Gasteiger partial charge in [0.05, 0.1) is 0 Å². The highest BCUT2D eigenvalue weighted by atomic mass is 35.5. The third-order valence-electron chi connectivity index (χ3n) is 3.99. The topological polar surface area (TPSA) is 44.4 Å². The summed E-state index contributed by atoms with van der Waals surface area (Å²) in [7, 11) is 1.68. The quantitative estimate of drug-likeness (QED) is 0.815. The highest BCUT2D eigenvalue weighted by Crippen LogP contribution is 2.14. The van der Waals surface area contributed by atoms with Crippen molar-refractivity contribution in [2.75, 3.05) is 26.7 Å². The van der Waals surface area contributed by atoms with E-state index in [1.165, 1.54) is 17.7 Å². The Balaban J connectivity index is 0.00000242. The molecule has 1 atom stereocenters. The maximum atomic E-state index is 12.8. The van der Waals surface area contributed by atoms with Crippen LogP contribution in [0, 0.1) is 5.82 Å². The van der Waals surface area contributed by atoms with Gasteiger partial charge in [-0.25, -0.2) is 9.18 Å². The molecule has 1 aliphatic heterocycles. The van der Waals surface area contributed by atoms with E-state index in [1.807, 2.05) is 17.0 Å². The molecule has 1 aromatic rings. The van der Waals surface area contributed by atoms with Crippen LogP contribution >= 0.6 is 12.4 Å². The number of amides is 2. The van der Waals surface area contributed by atoms with Gasteiger partial charge in [0, 0.05) is 32.7 Å². The van der Waals surface area contributed by atoms with Gasteiger partial charge in [0.25, 0.3) is 0 Å². The first kappa shape index (κ1) is 18.7. The molecule has 2 rings (SSSR count). The van der Waals surface area contributed by atoms with E-state index in [0.717, 1.165) is 45.3 Å². The molecule has 1 unspecified atom stereocenters. The number of rotatable bonds is 5. The summed E-state index contributed by atoms with van der Waals surface area (Å²) >= 11 is 0. The molecule has 0 aliphatic carbocycles. The van der Waals surface area contributed by atoms with Crippen LogP contribution in [0.3, 0.4) is 0 Å². The Bertz CT molecular complexity index is 455. The van der Waals surface area contributed by atoms with Crippen LogP contribution in [0.4, 0.5) is 9.18 Å². The Morgan fingerprint density at radius 1 is 1.36 bits per heavy atom. The van der Waals surface area contributed by atoms with E-state index in [1.54, 1.807) is 7.05 Å². The van der Waals surface area contributed by atoms with Crippen molar-refractivity contribution in [1.29, 1.82) is 0 Å². The van der Waals surface area contributed by atoms with E-state index in [0.29, 0.717) is 0 Å². The Morgan fingerprint density at radius 2 is 2.09 bits per heavy atom. The summed E-state index contributed by atoms with van der Waals surface area (Å²) in [6.07, 6.45) is 4.09. The zero-order valence-corrected chi connectivity index (χ0v) is 13.8. The van der Waals surface area contributed by atoms with Crippen molar-refractivity contribution in [3.63, 3.8) is 0 Å². The van der Waals surface area contributed by atoms with Crippen LogP contribution in [0.5, 0.6) is 0 Å². The number of nitrogens with zero attached hydrogens (tertiary/aromatic N) is 1. The maximum absolute atomic E-state index is 12.8. The third-order valence-corrected chi connectivity index (χ3v) is 3.99. The molecule has 4 nitrogen and oxygen atoms in total. The van der Waals surface area contributed by atoms with Gasteiger partial charge < -0.3 is 15.5 Å². The molecule has 1 aliphatic rings. The lowest BCUT2D eigenvalue weighted by Gasteiger charge is -2.36. The van der Waals surface area contributed by atoms with Crippen LogP contribution in [0.1, 0.15) is 24.8 Å². The number of aryl methyl sites for hydroxylation is 1. The van der Waals surface area contributed by atoms with Crippen molar-refractivity contribution < 1.29 is 9.18 Å². The SMILES string of the molecule is CNC(=O)N1CCNCC1CCCCc1ccc(F)cc1.Cl. The Morgan fingerprint density at radius 3 is 2.77 bits per heavy atom. The molecule has 0 saturated carbocycles. The van der Waals surface area contributed by atoms with E-state index in [4.69, 9.17) is 0 Å². The lowest BCUT2D eigenvalue weighted by molar-refractivity contribution is 0.154. The predicted octanol–water partition coefficient (Wildman–Crippen LogP) is 2.57. The van der Waals surface area contributed by atoms with Gasteiger partial charge in [-0.05, 0) is 37.0 Å². The lowest BCUT2D eigenvalue weighted by Crippen LogP contribution is -2.55.